The van der Waals surface area contributed by atoms with Gasteiger partial charge >= 0.3 is 0 Å². The Kier molecular flexibility index (Phi) is 9.82. The van der Waals surface area contributed by atoms with Gasteiger partial charge in [0.2, 0.25) is 5.91 Å². The molecule has 0 saturated carbocycles. The van der Waals surface area contributed by atoms with Crippen LogP contribution >= 0.6 is 23.2 Å². The van der Waals surface area contributed by atoms with Crippen molar-refractivity contribution in [1.82, 2.24) is 9.80 Å². The number of aliphatic hydroxyl groups is 1. The second-order valence-corrected chi connectivity index (χ2v) is 10.7. The van der Waals surface area contributed by atoms with Gasteiger partial charge in [-0.15, -0.1) is 0 Å². The summed E-state index contributed by atoms with van der Waals surface area (Å²) in [6.07, 6.45) is 4.55. The molecule has 1 N–H and O–H groups in total. The minimum absolute atomic E-state index is 0.211. The lowest BCUT2D eigenvalue weighted by Crippen LogP contribution is -2.37. The van der Waals surface area contributed by atoms with Crippen molar-refractivity contribution in [3.8, 4) is 17.2 Å². The Morgan fingerprint density at radius 3 is 2.59 bits per heavy atom. The number of benzene rings is 2. The van der Waals surface area contributed by atoms with E-state index in [4.69, 9.17) is 37.4 Å². The van der Waals surface area contributed by atoms with Crippen LogP contribution in [0.15, 0.2) is 36.4 Å². The zero-order valence-corrected chi connectivity index (χ0v) is 22.9. The van der Waals surface area contributed by atoms with E-state index in [-0.39, 0.29) is 12.5 Å². The van der Waals surface area contributed by atoms with Crippen molar-refractivity contribution in [1.29, 1.82) is 0 Å². The van der Waals surface area contributed by atoms with Crippen molar-refractivity contribution in [3.05, 3.63) is 52.0 Å². The van der Waals surface area contributed by atoms with Crippen LogP contribution in [0.2, 0.25) is 10.0 Å². The van der Waals surface area contributed by atoms with Crippen molar-refractivity contribution in [2.45, 2.75) is 50.7 Å². The fourth-order valence-corrected chi connectivity index (χ4v) is 5.18. The van der Waals surface area contributed by atoms with Crippen molar-refractivity contribution >= 4 is 29.1 Å². The topological polar surface area (TPSA) is 71.5 Å². The molecular formula is C28H36Cl2N2O5. The van der Waals surface area contributed by atoms with Crippen LogP contribution in [0.1, 0.15) is 44.1 Å². The maximum absolute atomic E-state index is 11.8. The molecule has 7 nitrogen and oxygen atoms in total. The molecule has 0 aliphatic carbocycles. The fourth-order valence-electron chi connectivity index (χ4n) is 4.89. The number of ether oxygens (including phenoxy) is 3. The second kappa shape index (κ2) is 13.1. The molecule has 0 spiro atoms. The van der Waals surface area contributed by atoms with Crippen molar-refractivity contribution in [3.63, 3.8) is 0 Å². The number of hydrogen-bond acceptors (Lipinski definition) is 6. The van der Waals surface area contributed by atoms with Gasteiger partial charge in [0, 0.05) is 38.7 Å². The quantitative estimate of drug-likeness (QED) is 0.388. The number of carbonyl (C=O) groups excluding carboxylic acids is 1. The molecule has 0 radical (unpaired) electrons. The van der Waals surface area contributed by atoms with Gasteiger partial charge in [-0.25, -0.2) is 0 Å². The maximum atomic E-state index is 11.8. The highest BCUT2D eigenvalue weighted by atomic mass is 35.5. The molecule has 202 valence electrons. The van der Waals surface area contributed by atoms with Crippen LogP contribution in [-0.4, -0.2) is 72.9 Å². The number of hydrogen-bond donors (Lipinski definition) is 1. The molecule has 4 rings (SSSR count). The number of halogens is 2. The van der Waals surface area contributed by atoms with E-state index in [1.807, 2.05) is 17.0 Å². The first-order valence-electron chi connectivity index (χ1n) is 13.0. The number of likely N-dealkylation sites (tertiary alicyclic amines) is 2. The summed E-state index contributed by atoms with van der Waals surface area (Å²) in [5, 5.41) is 12.1. The lowest BCUT2D eigenvalue weighted by molar-refractivity contribution is -0.127. The summed E-state index contributed by atoms with van der Waals surface area (Å²) in [6.45, 7) is 4.72. The largest absolute Gasteiger partial charge is 0.493 e. The lowest BCUT2D eigenvalue weighted by atomic mass is 9.96. The summed E-state index contributed by atoms with van der Waals surface area (Å²) in [6, 6.07) is 11.2. The van der Waals surface area contributed by atoms with Crippen LogP contribution in [0.4, 0.5) is 0 Å². The van der Waals surface area contributed by atoms with Gasteiger partial charge in [0.25, 0.3) is 0 Å². The van der Waals surface area contributed by atoms with E-state index in [1.165, 1.54) is 0 Å². The van der Waals surface area contributed by atoms with Gasteiger partial charge in [-0.2, -0.15) is 0 Å². The number of nitrogens with zero attached hydrogens (tertiary/aromatic N) is 2. The third-order valence-electron chi connectivity index (χ3n) is 7.04. The summed E-state index contributed by atoms with van der Waals surface area (Å²) in [5.74, 6) is 2.26. The van der Waals surface area contributed by atoms with E-state index in [9.17, 15) is 9.90 Å². The molecule has 0 bridgehead atoms. The molecule has 2 aliphatic heterocycles. The van der Waals surface area contributed by atoms with Crippen LogP contribution in [0, 0.1) is 0 Å². The Morgan fingerprint density at radius 2 is 1.84 bits per heavy atom. The predicted molar refractivity (Wildman–Crippen MR) is 145 cm³/mol. The first-order valence-corrected chi connectivity index (χ1v) is 13.7. The number of carbonyl (C=O) groups is 1. The minimum Gasteiger partial charge on any atom is -0.493 e. The molecule has 2 fully saturated rings. The Labute approximate surface area is 229 Å². The van der Waals surface area contributed by atoms with Gasteiger partial charge in [-0.05, 0) is 68.5 Å². The highest BCUT2D eigenvalue weighted by molar-refractivity contribution is 6.42. The average molecular weight is 552 g/mol. The minimum atomic E-state index is -0.897. The second-order valence-electron chi connectivity index (χ2n) is 9.89. The average Bonchev–Trinajstić information content (AvgIpc) is 3.21. The van der Waals surface area contributed by atoms with Gasteiger partial charge < -0.3 is 24.2 Å². The molecule has 2 saturated heterocycles. The van der Waals surface area contributed by atoms with Gasteiger partial charge in [0.05, 0.1) is 29.4 Å². The molecule has 1 unspecified atom stereocenters. The van der Waals surface area contributed by atoms with Gasteiger partial charge in [0.1, 0.15) is 12.4 Å². The molecule has 0 aromatic heterocycles. The Morgan fingerprint density at radius 1 is 0.973 bits per heavy atom. The maximum Gasteiger partial charge on any atom is 0.222 e. The van der Waals surface area contributed by atoms with E-state index in [0.29, 0.717) is 53.2 Å². The first-order chi connectivity index (χ1) is 17.8. The van der Waals surface area contributed by atoms with Gasteiger partial charge in [0.15, 0.2) is 11.5 Å². The van der Waals surface area contributed by atoms with Crippen LogP contribution in [-0.2, 0) is 11.3 Å². The zero-order chi connectivity index (χ0) is 26.3. The summed E-state index contributed by atoms with van der Waals surface area (Å²) in [5.41, 5.74) is 0.231. The molecule has 2 heterocycles. The van der Waals surface area contributed by atoms with Crippen LogP contribution < -0.4 is 14.2 Å². The van der Waals surface area contributed by atoms with E-state index in [1.54, 1.807) is 25.3 Å². The molecule has 1 amide bonds. The summed E-state index contributed by atoms with van der Waals surface area (Å²) in [4.78, 5) is 16.0. The summed E-state index contributed by atoms with van der Waals surface area (Å²) >= 11 is 12.1. The smallest absolute Gasteiger partial charge is 0.222 e. The molecule has 1 atom stereocenters. The van der Waals surface area contributed by atoms with E-state index < -0.39 is 5.60 Å². The monoisotopic (exact) mass is 550 g/mol. The highest BCUT2D eigenvalue weighted by Gasteiger charge is 2.31. The highest BCUT2D eigenvalue weighted by Crippen LogP contribution is 2.31. The van der Waals surface area contributed by atoms with Crippen molar-refractivity contribution in [2.24, 2.45) is 0 Å². The predicted octanol–water partition coefficient (Wildman–Crippen LogP) is 5.19. The number of methoxy groups -OCH3 is 1. The molecule has 2 aromatic rings. The standard InChI is InChI=1S/C28H36Cl2N2O5/c1-35-25-9-6-21(17-26(25)36-16-4-14-32-13-2-5-27(32)33)19-31-12-3-10-28(34,11-15-31)20-37-22-7-8-23(29)24(30)18-22/h6-9,17-18,34H,2-5,10-16,19-20H2,1H3. The fraction of sp³-hybridized carbons (Fsp3) is 0.536. The third kappa shape index (κ3) is 7.90. The number of rotatable bonds is 11. The SMILES string of the molecule is COc1ccc(CN2CCCC(O)(COc3ccc(Cl)c(Cl)c3)CC2)cc1OCCCN1CCCC1=O. The van der Waals surface area contributed by atoms with E-state index >= 15 is 0 Å². The molecule has 37 heavy (non-hydrogen) atoms. The Bertz CT molecular complexity index is 1070. The van der Waals surface area contributed by atoms with E-state index in [2.05, 4.69) is 11.0 Å². The van der Waals surface area contributed by atoms with Crippen LogP contribution in [0.3, 0.4) is 0 Å². The number of amides is 1. The van der Waals surface area contributed by atoms with Gasteiger partial charge in [-0.3, -0.25) is 9.69 Å². The Balaban J connectivity index is 1.27. The van der Waals surface area contributed by atoms with E-state index in [0.717, 1.165) is 57.5 Å². The summed E-state index contributed by atoms with van der Waals surface area (Å²) in [7, 11) is 1.64. The first kappa shape index (κ1) is 27.8. The Hall–Kier alpha value is -2.19. The third-order valence-corrected chi connectivity index (χ3v) is 7.78. The van der Waals surface area contributed by atoms with Crippen LogP contribution in [0.5, 0.6) is 17.2 Å². The molecule has 2 aromatic carbocycles. The summed E-state index contributed by atoms with van der Waals surface area (Å²) < 4.78 is 17.4. The lowest BCUT2D eigenvalue weighted by Gasteiger charge is -2.27. The molecule has 9 heteroatoms. The molecular weight excluding hydrogens is 515 g/mol. The zero-order valence-electron chi connectivity index (χ0n) is 21.4. The van der Waals surface area contributed by atoms with Crippen molar-refractivity contribution in [2.75, 3.05) is 46.5 Å². The normalized spacial score (nSPS) is 20.6. The molecule has 2 aliphatic rings. The van der Waals surface area contributed by atoms with Gasteiger partial charge in [-0.1, -0.05) is 29.3 Å². The van der Waals surface area contributed by atoms with Crippen LogP contribution in [0.25, 0.3) is 0 Å². The van der Waals surface area contributed by atoms with Crippen molar-refractivity contribution < 1.29 is 24.1 Å².